The summed E-state index contributed by atoms with van der Waals surface area (Å²) < 4.78 is 18.8. The first-order chi connectivity index (χ1) is 9.13. The number of ether oxygens (including phenoxy) is 1. The fraction of sp³-hybridized carbons (Fsp3) is 0.133. The van der Waals surface area contributed by atoms with Gasteiger partial charge in [0.05, 0.1) is 0 Å². The molecule has 1 N–H and O–H groups in total. The minimum atomic E-state index is -0.784. The molecule has 0 aromatic heterocycles. The molecule has 19 heavy (non-hydrogen) atoms. The summed E-state index contributed by atoms with van der Waals surface area (Å²) in [7, 11) is 0. The van der Waals surface area contributed by atoms with Crippen molar-refractivity contribution < 1.29 is 19.0 Å². The topological polar surface area (TPSA) is 46.5 Å². The molecule has 0 saturated carbocycles. The average Bonchev–Trinajstić information content (AvgIpc) is 2.37. The van der Waals surface area contributed by atoms with Gasteiger partial charge in [-0.25, -0.2) is 4.39 Å². The number of hydrogen-bond acceptors (Lipinski definition) is 3. The Morgan fingerprint density at radius 1 is 1.21 bits per heavy atom. The Kier molecular flexibility index (Phi) is 2.71. The van der Waals surface area contributed by atoms with E-state index in [4.69, 9.17) is 4.74 Å². The lowest BCUT2D eigenvalue weighted by Crippen LogP contribution is -2.25. The summed E-state index contributed by atoms with van der Waals surface area (Å²) in [6.07, 6.45) is -0.613. The van der Waals surface area contributed by atoms with Gasteiger partial charge in [0.15, 0.2) is 11.9 Å². The zero-order chi connectivity index (χ0) is 13.4. The van der Waals surface area contributed by atoms with Gasteiger partial charge in [-0.15, -0.1) is 0 Å². The number of rotatable bonds is 1. The smallest absolute Gasteiger partial charge is 0.182 e. The van der Waals surface area contributed by atoms with Crippen molar-refractivity contribution in [1.82, 2.24) is 0 Å². The molecule has 96 valence electrons. The number of fused-ring (bicyclic) bond motifs is 1. The molecule has 0 bridgehead atoms. The molecule has 3 rings (SSSR count). The monoisotopic (exact) mass is 258 g/mol. The Hall–Kier alpha value is -2.36. The Bertz CT molecular complexity index is 652. The molecule has 1 unspecified atom stereocenters. The fourth-order valence-corrected chi connectivity index (χ4v) is 2.22. The third-order valence-corrected chi connectivity index (χ3v) is 3.10. The zero-order valence-electron chi connectivity index (χ0n) is 9.97. The average molecular weight is 258 g/mol. The van der Waals surface area contributed by atoms with Crippen LogP contribution < -0.4 is 4.74 Å². The van der Waals surface area contributed by atoms with Crippen LogP contribution in [0.2, 0.25) is 0 Å². The summed E-state index contributed by atoms with van der Waals surface area (Å²) in [5.41, 5.74) is 1.15. The quantitative estimate of drug-likeness (QED) is 0.855. The Labute approximate surface area is 109 Å². The highest BCUT2D eigenvalue weighted by Crippen LogP contribution is 2.34. The van der Waals surface area contributed by atoms with Crippen molar-refractivity contribution in [2.45, 2.75) is 12.5 Å². The molecule has 3 nitrogen and oxygen atoms in total. The van der Waals surface area contributed by atoms with Crippen LogP contribution >= 0.6 is 0 Å². The molecule has 0 amide bonds. The highest BCUT2D eigenvalue weighted by atomic mass is 19.1. The molecule has 0 saturated heterocycles. The lowest BCUT2D eigenvalue weighted by atomic mass is 9.96. The van der Waals surface area contributed by atoms with Crippen LogP contribution in [0.4, 0.5) is 4.39 Å². The van der Waals surface area contributed by atoms with Gasteiger partial charge >= 0.3 is 0 Å². The largest absolute Gasteiger partial charge is 0.508 e. The number of halogens is 1. The number of phenolic OH excluding ortho intramolecular Hbond substituents is 1. The van der Waals surface area contributed by atoms with Crippen LogP contribution in [0.3, 0.4) is 0 Å². The van der Waals surface area contributed by atoms with Crippen molar-refractivity contribution in [3.05, 3.63) is 59.4 Å². The highest BCUT2D eigenvalue weighted by Gasteiger charge is 2.29. The van der Waals surface area contributed by atoms with E-state index in [-0.39, 0.29) is 18.0 Å². The number of phenols is 1. The molecule has 1 aliphatic heterocycles. The highest BCUT2D eigenvalue weighted by molar-refractivity contribution is 5.88. The number of Topliss-reactive ketones (excluding diaryl/α,β-unsaturated/α-hetero) is 1. The molecule has 2 aromatic carbocycles. The van der Waals surface area contributed by atoms with Gasteiger partial charge in [-0.1, -0.05) is 12.1 Å². The van der Waals surface area contributed by atoms with E-state index in [0.29, 0.717) is 16.9 Å². The molecule has 0 fully saturated rings. The van der Waals surface area contributed by atoms with Crippen molar-refractivity contribution >= 4 is 5.78 Å². The van der Waals surface area contributed by atoms with E-state index in [1.54, 1.807) is 18.2 Å². The van der Waals surface area contributed by atoms with Gasteiger partial charge < -0.3 is 9.84 Å². The SMILES string of the molecule is O=C1Cc2cc(O)ccc2OC1c1cccc(F)c1. The lowest BCUT2D eigenvalue weighted by molar-refractivity contribution is -0.126. The first-order valence-corrected chi connectivity index (χ1v) is 5.90. The summed E-state index contributed by atoms with van der Waals surface area (Å²) in [4.78, 5) is 12.1. The van der Waals surface area contributed by atoms with Crippen molar-refractivity contribution in [2.24, 2.45) is 0 Å². The Morgan fingerprint density at radius 2 is 2.05 bits per heavy atom. The number of hydrogen-bond donors (Lipinski definition) is 1. The van der Waals surface area contributed by atoms with Gasteiger partial charge in [-0.05, 0) is 30.3 Å². The lowest BCUT2D eigenvalue weighted by Gasteiger charge is -2.25. The number of aromatic hydroxyl groups is 1. The maximum absolute atomic E-state index is 13.2. The fourth-order valence-electron chi connectivity index (χ4n) is 2.22. The van der Waals surface area contributed by atoms with Crippen LogP contribution in [-0.4, -0.2) is 10.9 Å². The standard InChI is InChI=1S/C15H11FO3/c16-11-3-1-2-9(6-11)15-13(18)8-10-7-12(17)4-5-14(10)19-15/h1-7,15,17H,8H2. The van der Waals surface area contributed by atoms with Crippen molar-refractivity contribution in [3.63, 3.8) is 0 Å². The van der Waals surface area contributed by atoms with Crippen molar-refractivity contribution in [2.75, 3.05) is 0 Å². The van der Waals surface area contributed by atoms with E-state index in [9.17, 15) is 14.3 Å². The van der Waals surface area contributed by atoms with Gasteiger partial charge in [0.2, 0.25) is 0 Å². The second-order valence-electron chi connectivity index (χ2n) is 4.49. The summed E-state index contributed by atoms with van der Waals surface area (Å²) in [5.74, 6) is 0.0973. The first-order valence-electron chi connectivity index (χ1n) is 5.90. The summed E-state index contributed by atoms with van der Waals surface area (Å²) in [6, 6.07) is 10.5. The van der Waals surface area contributed by atoms with Gasteiger partial charge in [0.25, 0.3) is 0 Å². The Morgan fingerprint density at radius 3 is 2.84 bits per heavy atom. The van der Waals surface area contributed by atoms with Crippen LogP contribution in [0.1, 0.15) is 17.2 Å². The van der Waals surface area contributed by atoms with Gasteiger partial charge in [-0.3, -0.25) is 4.79 Å². The number of carbonyl (C=O) groups excluding carboxylic acids is 1. The summed E-state index contributed by atoms with van der Waals surface area (Å²) in [6.45, 7) is 0. The summed E-state index contributed by atoms with van der Waals surface area (Å²) in [5, 5.41) is 9.38. The first kappa shape index (κ1) is 11.7. The normalized spacial score (nSPS) is 17.7. The van der Waals surface area contributed by atoms with Crippen LogP contribution in [-0.2, 0) is 11.2 Å². The Balaban J connectivity index is 1.98. The maximum atomic E-state index is 13.2. The number of benzene rings is 2. The molecule has 1 heterocycles. The maximum Gasteiger partial charge on any atom is 0.182 e. The molecular weight excluding hydrogens is 247 g/mol. The third kappa shape index (κ3) is 2.17. The predicted molar refractivity (Wildman–Crippen MR) is 66.6 cm³/mol. The molecule has 0 radical (unpaired) electrons. The second kappa shape index (κ2) is 4.39. The van der Waals surface area contributed by atoms with Crippen LogP contribution in [0.15, 0.2) is 42.5 Å². The van der Waals surface area contributed by atoms with Crippen LogP contribution in [0.5, 0.6) is 11.5 Å². The molecular formula is C15H11FO3. The van der Waals surface area contributed by atoms with Crippen molar-refractivity contribution in [1.29, 1.82) is 0 Å². The van der Waals surface area contributed by atoms with Gasteiger partial charge in [0.1, 0.15) is 17.3 Å². The molecule has 0 spiro atoms. The molecule has 2 aromatic rings. The van der Waals surface area contributed by atoms with Gasteiger partial charge in [-0.2, -0.15) is 0 Å². The van der Waals surface area contributed by atoms with Crippen molar-refractivity contribution in [3.8, 4) is 11.5 Å². The minimum absolute atomic E-state index is 0.0966. The molecule has 1 aliphatic rings. The number of carbonyl (C=O) groups is 1. The van der Waals surface area contributed by atoms with E-state index < -0.39 is 11.9 Å². The minimum Gasteiger partial charge on any atom is -0.508 e. The molecule has 1 atom stereocenters. The van der Waals surface area contributed by atoms with E-state index in [1.165, 1.54) is 24.3 Å². The zero-order valence-corrected chi connectivity index (χ0v) is 9.97. The van der Waals surface area contributed by atoms with Crippen LogP contribution in [0.25, 0.3) is 0 Å². The molecule has 0 aliphatic carbocycles. The third-order valence-electron chi connectivity index (χ3n) is 3.10. The van der Waals surface area contributed by atoms with E-state index in [2.05, 4.69) is 0 Å². The number of ketones is 1. The van der Waals surface area contributed by atoms with Crippen LogP contribution in [0, 0.1) is 5.82 Å². The summed E-state index contributed by atoms with van der Waals surface area (Å²) >= 11 is 0. The van der Waals surface area contributed by atoms with E-state index in [1.807, 2.05) is 0 Å². The van der Waals surface area contributed by atoms with E-state index in [0.717, 1.165) is 0 Å². The second-order valence-corrected chi connectivity index (χ2v) is 4.49. The van der Waals surface area contributed by atoms with Gasteiger partial charge in [0, 0.05) is 17.5 Å². The molecule has 4 heteroatoms. The van der Waals surface area contributed by atoms with E-state index >= 15 is 0 Å². The predicted octanol–water partition coefficient (Wildman–Crippen LogP) is 2.78.